The molecule has 0 saturated heterocycles. The van der Waals surface area contributed by atoms with Gasteiger partial charge in [-0.2, -0.15) is 5.26 Å². The van der Waals surface area contributed by atoms with Crippen LogP contribution in [0.5, 0.6) is 23.0 Å². The van der Waals surface area contributed by atoms with Crippen LogP contribution in [0.15, 0.2) is 17.1 Å². The van der Waals surface area contributed by atoms with E-state index in [2.05, 4.69) is 20.9 Å². The molecule has 0 saturated carbocycles. The fraction of sp³-hybridized carbons (Fsp3) is 0.417. The third kappa shape index (κ3) is 5.89. The van der Waals surface area contributed by atoms with Crippen molar-refractivity contribution in [2.45, 2.75) is 39.6 Å². The number of amidine groups is 1. The van der Waals surface area contributed by atoms with Gasteiger partial charge in [0.15, 0.2) is 34.6 Å². The lowest BCUT2D eigenvalue weighted by Crippen LogP contribution is -2.14. The van der Waals surface area contributed by atoms with Gasteiger partial charge in [0.2, 0.25) is 0 Å². The number of fused-ring (bicyclic) bond motifs is 1. The molecule has 0 bridgehead atoms. The van der Waals surface area contributed by atoms with Gasteiger partial charge in [-0.15, -0.1) is 0 Å². The maximum atomic E-state index is 14.2. The molecule has 2 aromatic carbocycles. The summed E-state index contributed by atoms with van der Waals surface area (Å²) in [4.78, 5) is 4.01. The zero-order valence-corrected chi connectivity index (χ0v) is 21.2. The van der Waals surface area contributed by atoms with Gasteiger partial charge < -0.3 is 24.7 Å². The van der Waals surface area contributed by atoms with Crippen LogP contribution in [0.3, 0.4) is 0 Å². The molecule has 184 valence electrons. The van der Waals surface area contributed by atoms with Gasteiger partial charge in [-0.25, -0.2) is 8.78 Å². The van der Waals surface area contributed by atoms with E-state index in [4.69, 9.17) is 29.9 Å². The Morgan fingerprint density at radius 2 is 1.47 bits per heavy atom. The lowest BCUT2D eigenvalue weighted by molar-refractivity contribution is 0.275. The third-order valence-electron chi connectivity index (χ3n) is 4.65. The normalized spacial score (nSPS) is 11.5. The molecule has 0 radical (unpaired) electrons. The molecule has 0 amide bonds. The van der Waals surface area contributed by atoms with Crippen molar-refractivity contribution in [1.29, 1.82) is 5.26 Å². The minimum absolute atomic E-state index is 0.00576. The summed E-state index contributed by atoms with van der Waals surface area (Å²) in [5, 5.41) is 9.32. The highest BCUT2D eigenvalue weighted by Crippen LogP contribution is 2.37. The van der Waals surface area contributed by atoms with Crippen molar-refractivity contribution in [3.05, 3.63) is 46.0 Å². The Hall–Kier alpha value is -3.06. The first-order valence-corrected chi connectivity index (χ1v) is 12.0. The molecular formula is C24H28BrF2N3O4. The largest absolute Gasteiger partial charge is 0.490 e. The number of hydrogen-bond donors (Lipinski definition) is 1. The molecule has 2 aromatic rings. The molecule has 1 aliphatic heterocycles. The van der Waals surface area contributed by atoms with Gasteiger partial charge in [-0.05, 0) is 51.0 Å². The standard InChI is InChI=1S/C12H13BrFNO2.C12H15FN2O2/c1-3-16-10-5-8(6-13)9(7-15)11(14)12(10)17-4-2;1-3-16-8-5-7-6-15-12(14)9(7)10(13)11(8)17-4-2/h5H,3-4,6H2,1-2H3;5H,3-4,6H2,1-2H3,(H2,14,15). The summed E-state index contributed by atoms with van der Waals surface area (Å²) in [6.45, 7) is 9.12. The Labute approximate surface area is 206 Å². The summed E-state index contributed by atoms with van der Waals surface area (Å²) in [5.41, 5.74) is 7.28. The van der Waals surface area contributed by atoms with Crippen molar-refractivity contribution in [2.24, 2.45) is 10.7 Å². The van der Waals surface area contributed by atoms with Crippen molar-refractivity contribution in [3.8, 4) is 29.1 Å². The first kappa shape index (κ1) is 27.2. The molecule has 0 fully saturated rings. The number of nitriles is 1. The van der Waals surface area contributed by atoms with Crippen molar-refractivity contribution < 1.29 is 27.7 Å². The highest BCUT2D eigenvalue weighted by Gasteiger charge is 2.25. The Balaban J connectivity index is 0.000000240. The topological polar surface area (TPSA) is 99.1 Å². The van der Waals surface area contributed by atoms with E-state index in [1.165, 1.54) is 0 Å². The van der Waals surface area contributed by atoms with Crippen molar-refractivity contribution >= 4 is 21.8 Å². The smallest absolute Gasteiger partial charge is 0.198 e. The predicted molar refractivity (Wildman–Crippen MR) is 129 cm³/mol. The van der Waals surface area contributed by atoms with E-state index in [0.29, 0.717) is 60.9 Å². The molecule has 0 atom stereocenters. The molecule has 1 heterocycles. The van der Waals surface area contributed by atoms with E-state index in [-0.39, 0.29) is 22.9 Å². The van der Waals surface area contributed by atoms with E-state index in [1.54, 1.807) is 32.9 Å². The van der Waals surface area contributed by atoms with Gasteiger partial charge in [0.25, 0.3) is 0 Å². The minimum atomic E-state index is -0.658. The third-order valence-corrected chi connectivity index (χ3v) is 5.25. The predicted octanol–water partition coefficient (Wildman–Crippen LogP) is 5.23. The van der Waals surface area contributed by atoms with Crippen molar-refractivity contribution in [3.63, 3.8) is 0 Å². The van der Waals surface area contributed by atoms with Gasteiger partial charge >= 0.3 is 0 Å². The average molecular weight is 540 g/mol. The molecule has 34 heavy (non-hydrogen) atoms. The molecule has 1 aliphatic rings. The Bertz CT molecular complexity index is 1090. The average Bonchev–Trinajstić information content (AvgIpc) is 3.19. The van der Waals surface area contributed by atoms with E-state index in [0.717, 1.165) is 5.56 Å². The molecule has 0 aromatic heterocycles. The van der Waals surface area contributed by atoms with Crippen LogP contribution in [-0.4, -0.2) is 32.3 Å². The second-order valence-corrected chi connectivity index (χ2v) is 7.34. The first-order valence-electron chi connectivity index (χ1n) is 10.9. The SMILES string of the molecule is CCOc1cc(CBr)c(C#N)c(F)c1OCC.CCOc1cc2c(c(F)c1OCC)C(N)=NC2. The molecule has 3 rings (SSSR count). The molecular weight excluding hydrogens is 512 g/mol. The zero-order valence-electron chi connectivity index (χ0n) is 19.6. The maximum absolute atomic E-state index is 14.2. The summed E-state index contributed by atoms with van der Waals surface area (Å²) in [6, 6.07) is 5.22. The number of hydrogen-bond acceptors (Lipinski definition) is 7. The van der Waals surface area contributed by atoms with Crippen LogP contribution in [0.2, 0.25) is 0 Å². The summed E-state index contributed by atoms with van der Waals surface area (Å²) in [6.07, 6.45) is 0. The fourth-order valence-corrected chi connectivity index (χ4v) is 3.72. The van der Waals surface area contributed by atoms with Gasteiger partial charge in [0.05, 0.1) is 44.1 Å². The van der Waals surface area contributed by atoms with Gasteiger partial charge in [0, 0.05) is 5.33 Å². The molecule has 10 heteroatoms. The van der Waals surface area contributed by atoms with Crippen LogP contribution >= 0.6 is 15.9 Å². The molecule has 0 aliphatic carbocycles. The molecule has 0 unspecified atom stereocenters. The molecule has 2 N–H and O–H groups in total. The van der Waals surface area contributed by atoms with Crippen LogP contribution < -0.4 is 24.7 Å². The first-order chi connectivity index (χ1) is 16.4. The lowest BCUT2D eigenvalue weighted by atomic mass is 10.1. The van der Waals surface area contributed by atoms with Crippen molar-refractivity contribution in [1.82, 2.24) is 0 Å². The van der Waals surface area contributed by atoms with Crippen LogP contribution in [0, 0.1) is 23.0 Å². The highest BCUT2D eigenvalue weighted by molar-refractivity contribution is 9.08. The van der Waals surface area contributed by atoms with Crippen LogP contribution in [0.4, 0.5) is 8.78 Å². The number of nitrogens with two attached hydrogens (primary N) is 1. The van der Waals surface area contributed by atoms with Gasteiger partial charge in [-0.1, -0.05) is 15.9 Å². The Kier molecular flexibility index (Phi) is 10.4. The quantitative estimate of drug-likeness (QED) is 0.438. The number of alkyl halides is 1. The van der Waals surface area contributed by atoms with Gasteiger partial charge in [-0.3, -0.25) is 4.99 Å². The molecule has 0 spiro atoms. The second kappa shape index (κ2) is 13.0. The highest BCUT2D eigenvalue weighted by atomic mass is 79.9. The monoisotopic (exact) mass is 539 g/mol. The van der Waals surface area contributed by atoms with Crippen LogP contribution in [0.25, 0.3) is 0 Å². The number of benzene rings is 2. The number of halogens is 3. The van der Waals surface area contributed by atoms with E-state index >= 15 is 0 Å². The summed E-state index contributed by atoms with van der Waals surface area (Å²) in [7, 11) is 0. The lowest BCUT2D eigenvalue weighted by Gasteiger charge is -2.14. The van der Waals surface area contributed by atoms with Gasteiger partial charge in [0.1, 0.15) is 11.9 Å². The van der Waals surface area contributed by atoms with Crippen LogP contribution in [-0.2, 0) is 11.9 Å². The summed E-state index contributed by atoms with van der Waals surface area (Å²) in [5.74, 6) is -0.0395. The number of ether oxygens (including phenoxy) is 4. The van der Waals surface area contributed by atoms with E-state index in [9.17, 15) is 8.78 Å². The second-order valence-electron chi connectivity index (χ2n) is 6.78. The van der Waals surface area contributed by atoms with Crippen LogP contribution in [0.1, 0.15) is 49.9 Å². The Morgan fingerprint density at radius 1 is 0.941 bits per heavy atom. The zero-order chi connectivity index (χ0) is 25.3. The number of nitrogens with zero attached hydrogens (tertiary/aromatic N) is 2. The Morgan fingerprint density at radius 3 is 1.97 bits per heavy atom. The minimum Gasteiger partial charge on any atom is -0.490 e. The van der Waals surface area contributed by atoms with Crippen molar-refractivity contribution in [2.75, 3.05) is 26.4 Å². The number of aliphatic imine (C=N–C) groups is 1. The fourth-order valence-electron chi connectivity index (χ4n) is 3.28. The molecule has 7 nitrogen and oxygen atoms in total. The summed E-state index contributed by atoms with van der Waals surface area (Å²) < 4.78 is 49.4. The van der Waals surface area contributed by atoms with E-state index in [1.807, 2.05) is 13.0 Å². The number of rotatable bonds is 9. The van der Waals surface area contributed by atoms with E-state index < -0.39 is 11.6 Å². The summed E-state index contributed by atoms with van der Waals surface area (Å²) >= 11 is 3.22. The maximum Gasteiger partial charge on any atom is 0.198 e.